The number of para-hydroxylation sites is 1. The Balaban J connectivity index is 1.53. The van der Waals surface area contributed by atoms with Gasteiger partial charge in [-0.2, -0.15) is 0 Å². The van der Waals surface area contributed by atoms with Gasteiger partial charge in [-0.3, -0.25) is 9.78 Å². The second kappa shape index (κ2) is 9.05. The van der Waals surface area contributed by atoms with Crippen LogP contribution in [-0.2, 0) is 32.4 Å². The van der Waals surface area contributed by atoms with Crippen molar-refractivity contribution in [1.29, 1.82) is 0 Å². The molecule has 3 aromatic rings. The molecule has 32 heavy (non-hydrogen) atoms. The molecule has 166 valence electrons. The van der Waals surface area contributed by atoms with E-state index in [4.69, 9.17) is 14.9 Å². The summed E-state index contributed by atoms with van der Waals surface area (Å²) in [6.45, 7) is -0.510. The zero-order valence-electron chi connectivity index (χ0n) is 17.3. The number of carbonyl (C=O) groups is 2. The average Bonchev–Trinajstić information content (AvgIpc) is 3.00. The molecule has 8 nitrogen and oxygen atoms in total. The van der Waals surface area contributed by atoms with Crippen LogP contribution in [0.5, 0.6) is 0 Å². The second-order valence-electron chi connectivity index (χ2n) is 7.69. The van der Waals surface area contributed by atoms with Crippen LogP contribution in [0.25, 0.3) is 10.9 Å². The van der Waals surface area contributed by atoms with Crippen molar-refractivity contribution in [2.75, 3.05) is 11.9 Å². The molecule has 9 heteroatoms. The van der Waals surface area contributed by atoms with E-state index in [1.54, 1.807) is 0 Å². The van der Waals surface area contributed by atoms with Crippen LogP contribution in [0.15, 0.2) is 53.4 Å². The minimum atomic E-state index is -3.90. The number of aryl methyl sites for hydroxylation is 1. The molecule has 0 saturated carbocycles. The maximum Gasteiger partial charge on any atom is 0.339 e. The summed E-state index contributed by atoms with van der Waals surface area (Å²) in [5.41, 5.74) is 3.24. The van der Waals surface area contributed by atoms with Crippen LogP contribution in [0.4, 0.5) is 5.69 Å². The molecule has 0 spiro atoms. The van der Waals surface area contributed by atoms with Crippen molar-refractivity contribution in [2.24, 2.45) is 5.14 Å². The molecule has 1 aliphatic rings. The Morgan fingerprint density at radius 3 is 2.62 bits per heavy atom. The molecule has 1 aliphatic carbocycles. The molecular weight excluding hydrogens is 430 g/mol. The molecule has 0 unspecified atom stereocenters. The topological polar surface area (TPSA) is 128 Å². The van der Waals surface area contributed by atoms with Crippen molar-refractivity contribution >= 4 is 38.5 Å². The van der Waals surface area contributed by atoms with Crippen molar-refractivity contribution < 1.29 is 22.7 Å². The van der Waals surface area contributed by atoms with Crippen molar-refractivity contribution in [3.63, 3.8) is 0 Å². The van der Waals surface area contributed by atoms with Gasteiger partial charge in [0, 0.05) is 16.8 Å². The number of fused-ring (bicyclic) bond motifs is 2. The van der Waals surface area contributed by atoms with E-state index in [0.29, 0.717) is 10.9 Å². The Hall–Kier alpha value is -3.30. The van der Waals surface area contributed by atoms with Gasteiger partial charge in [-0.25, -0.2) is 18.4 Å². The van der Waals surface area contributed by atoms with E-state index in [1.165, 1.54) is 24.3 Å². The maximum atomic E-state index is 13.1. The number of pyridine rings is 1. The SMILES string of the molecule is NS(=O)(=O)c1cccc(NC(=O)COC(=O)c2c3c(nc4ccccc24)CCCCC3)c1. The van der Waals surface area contributed by atoms with E-state index >= 15 is 0 Å². The lowest BCUT2D eigenvalue weighted by Crippen LogP contribution is -2.22. The molecule has 2 aromatic carbocycles. The Morgan fingerprint density at radius 2 is 1.81 bits per heavy atom. The first-order valence-corrected chi connectivity index (χ1v) is 11.9. The molecule has 1 amide bonds. The van der Waals surface area contributed by atoms with Crippen LogP contribution in [-0.4, -0.2) is 31.9 Å². The number of nitrogens with one attached hydrogen (secondary N) is 1. The van der Waals surface area contributed by atoms with Gasteiger partial charge in [-0.1, -0.05) is 30.7 Å². The van der Waals surface area contributed by atoms with Crippen LogP contribution in [0, 0.1) is 0 Å². The number of sulfonamides is 1. The number of esters is 1. The lowest BCUT2D eigenvalue weighted by molar-refractivity contribution is -0.119. The fraction of sp³-hybridized carbons (Fsp3) is 0.261. The Bertz CT molecular complexity index is 1300. The van der Waals surface area contributed by atoms with Crippen LogP contribution >= 0.6 is 0 Å². The Kier molecular flexibility index (Phi) is 6.20. The number of hydrogen-bond acceptors (Lipinski definition) is 6. The first kappa shape index (κ1) is 21.9. The zero-order valence-corrected chi connectivity index (χ0v) is 18.2. The van der Waals surface area contributed by atoms with Crippen LogP contribution in [0.3, 0.4) is 0 Å². The predicted molar refractivity (Wildman–Crippen MR) is 120 cm³/mol. The third kappa shape index (κ3) is 4.79. The second-order valence-corrected chi connectivity index (χ2v) is 9.25. The van der Waals surface area contributed by atoms with Gasteiger partial charge in [0.2, 0.25) is 10.0 Å². The monoisotopic (exact) mass is 453 g/mol. The van der Waals surface area contributed by atoms with E-state index in [2.05, 4.69) is 5.32 Å². The van der Waals surface area contributed by atoms with Gasteiger partial charge >= 0.3 is 5.97 Å². The highest BCUT2D eigenvalue weighted by atomic mass is 32.2. The molecule has 4 rings (SSSR count). The maximum absolute atomic E-state index is 13.1. The lowest BCUT2D eigenvalue weighted by Gasteiger charge is -2.15. The quantitative estimate of drug-likeness (QED) is 0.451. The standard InChI is InChI=1S/C23H23N3O5S/c24-32(29,30)16-8-6-7-15(13-16)25-21(27)14-31-23(28)22-17-9-2-1-3-11-19(17)26-20-12-5-4-10-18(20)22/h4-8,10,12-13H,1-3,9,11,14H2,(H,25,27)(H2,24,29,30). The number of aromatic nitrogens is 1. The summed E-state index contributed by atoms with van der Waals surface area (Å²) in [5.74, 6) is -1.16. The smallest absolute Gasteiger partial charge is 0.339 e. The predicted octanol–water partition coefficient (Wildman–Crippen LogP) is 2.95. The number of carbonyl (C=O) groups excluding carboxylic acids is 2. The number of hydrogen-bond donors (Lipinski definition) is 2. The number of ether oxygens (including phenoxy) is 1. The first-order valence-electron chi connectivity index (χ1n) is 10.3. The van der Waals surface area contributed by atoms with Crippen LogP contribution in [0.1, 0.15) is 40.9 Å². The van der Waals surface area contributed by atoms with Gasteiger partial charge in [0.25, 0.3) is 5.91 Å². The van der Waals surface area contributed by atoms with Gasteiger partial charge in [-0.05, 0) is 55.5 Å². The fourth-order valence-corrected chi connectivity index (χ4v) is 4.49. The summed E-state index contributed by atoms with van der Waals surface area (Å²) in [6.07, 6.45) is 4.60. The van der Waals surface area contributed by atoms with Gasteiger partial charge < -0.3 is 10.1 Å². The van der Waals surface area contributed by atoms with Gasteiger partial charge in [0.05, 0.1) is 16.0 Å². The van der Waals surface area contributed by atoms with Crippen molar-refractivity contribution in [2.45, 2.75) is 37.0 Å². The molecule has 1 aromatic heterocycles. The third-order valence-electron chi connectivity index (χ3n) is 5.40. The van der Waals surface area contributed by atoms with Crippen LogP contribution < -0.4 is 10.5 Å². The van der Waals surface area contributed by atoms with Gasteiger partial charge in [0.15, 0.2) is 6.61 Å². The minimum absolute atomic E-state index is 0.127. The molecule has 0 aliphatic heterocycles. The Morgan fingerprint density at radius 1 is 1.03 bits per heavy atom. The fourth-order valence-electron chi connectivity index (χ4n) is 3.93. The van der Waals surface area contributed by atoms with Gasteiger partial charge in [-0.15, -0.1) is 0 Å². The van der Waals surface area contributed by atoms with Crippen molar-refractivity contribution in [1.82, 2.24) is 4.98 Å². The molecular formula is C23H23N3O5S. The summed E-state index contributed by atoms with van der Waals surface area (Å²) in [5, 5.41) is 8.35. The number of amides is 1. The van der Waals surface area contributed by atoms with Crippen molar-refractivity contribution in [3.8, 4) is 0 Å². The van der Waals surface area contributed by atoms with E-state index < -0.39 is 28.5 Å². The number of primary sulfonamides is 1. The largest absolute Gasteiger partial charge is 0.452 e. The highest BCUT2D eigenvalue weighted by Gasteiger charge is 2.23. The summed E-state index contributed by atoms with van der Waals surface area (Å²) in [6, 6.07) is 13.0. The molecule has 3 N–H and O–H groups in total. The summed E-state index contributed by atoms with van der Waals surface area (Å²) < 4.78 is 28.3. The highest BCUT2D eigenvalue weighted by Crippen LogP contribution is 2.29. The lowest BCUT2D eigenvalue weighted by atomic mass is 9.97. The van der Waals surface area contributed by atoms with E-state index in [0.717, 1.165) is 48.9 Å². The Labute approximate surface area is 185 Å². The number of nitrogens with zero attached hydrogens (tertiary/aromatic N) is 1. The molecule has 0 bridgehead atoms. The normalized spacial score (nSPS) is 13.8. The molecule has 0 fully saturated rings. The van der Waals surface area contributed by atoms with Crippen LogP contribution in [0.2, 0.25) is 0 Å². The van der Waals surface area contributed by atoms with E-state index in [-0.39, 0.29) is 10.6 Å². The third-order valence-corrected chi connectivity index (χ3v) is 6.32. The number of benzene rings is 2. The number of rotatable bonds is 5. The van der Waals surface area contributed by atoms with E-state index in [1.807, 2.05) is 24.3 Å². The summed E-state index contributed by atoms with van der Waals surface area (Å²) in [4.78, 5) is 30.0. The summed E-state index contributed by atoms with van der Waals surface area (Å²) in [7, 11) is -3.90. The molecule has 1 heterocycles. The molecule has 0 saturated heterocycles. The number of nitrogens with two attached hydrogens (primary N) is 1. The average molecular weight is 454 g/mol. The van der Waals surface area contributed by atoms with E-state index in [9.17, 15) is 18.0 Å². The minimum Gasteiger partial charge on any atom is -0.452 e. The number of anilines is 1. The zero-order chi connectivity index (χ0) is 22.7. The molecule has 0 radical (unpaired) electrons. The highest BCUT2D eigenvalue weighted by molar-refractivity contribution is 7.89. The van der Waals surface area contributed by atoms with Crippen molar-refractivity contribution in [3.05, 3.63) is 65.4 Å². The summed E-state index contributed by atoms with van der Waals surface area (Å²) >= 11 is 0. The molecule has 0 atom stereocenters. The van der Waals surface area contributed by atoms with Gasteiger partial charge in [0.1, 0.15) is 0 Å². The first-order chi connectivity index (χ1) is 15.3.